The van der Waals surface area contributed by atoms with Gasteiger partial charge in [-0.25, -0.2) is 4.39 Å². The van der Waals surface area contributed by atoms with Crippen molar-refractivity contribution in [3.8, 4) is 0 Å². The number of nitrogens with zero attached hydrogens (tertiary/aromatic N) is 1. The van der Waals surface area contributed by atoms with Gasteiger partial charge in [0.05, 0.1) is 0 Å². The van der Waals surface area contributed by atoms with Crippen LogP contribution in [0.5, 0.6) is 0 Å². The lowest BCUT2D eigenvalue weighted by molar-refractivity contribution is 0.548. The fraction of sp³-hybridized carbons (Fsp3) is 0.333. The van der Waals surface area contributed by atoms with Gasteiger partial charge in [0.15, 0.2) is 0 Å². The fourth-order valence-corrected chi connectivity index (χ4v) is 2.73. The maximum Gasteiger partial charge on any atom is 0.123 e. The summed E-state index contributed by atoms with van der Waals surface area (Å²) in [6.45, 7) is 0.794. The van der Waals surface area contributed by atoms with Crippen LogP contribution in [0.4, 0.5) is 4.39 Å². The highest BCUT2D eigenvalue weighted by atomic mass is 19.1. The lowest BCUT2D eigenvalue weighted by Crippen LogP contribution is -2.18. The standard InChI is InChI=1S/C15H17FN2/c16-12-6-4-11(5-7-12)10-18-9-8-13-14(17)2-1-3-15(13)18/h4-9,14H,1-3,10,17H2. The molecule has 0 bridgehead atoms. The van der Waals surface area contributed by atoms with E-state index >= 15 is 0 Å². The molecule has 2 nitrogen and oxygen atoms in total. The number of hydrogen-bond donors (Lipinski definition) is 1. The van der Waals surface area contributed by atoms with E-state index in [-0.39, 0.29) is 11.9 Å². The van der Waals surface area contributed by atoms with Crippen LogP contribution >= 0.6 is 0 Å². The van der Waals surface area contributed by atoms with Gasteiger partial charge >= 0.3 is 0 Å². The zero-order chi connectivity index (χ0) is 12.5. The summed E-state index contributed by atoms with van der Waals surface area (Å²) in [6, 6.07) is 9.01. The van der Waals surface area contributed by atoms with Crippen molar-refractivity contribution in [2.75, 3.05) is 0 Å². The van der Waals surface area contributed by atoms with E-state index in [1.807, 2.05) is 12.1 Å². The SMILES string of the molecule is NC1CCCc2c1ccn2Cc1ccc(F)cc1. The van der Waals surface area contributed by atoms with Crippen LogP contribution in [0.2, 0.25) is 0 Å². The molecule has 2 N–H and O–H groups in total. The summed E-state index contributed by atoms with van der Waals surface area (Å²) in [5, 5.41) is 0. The first-order valence-corrected chi connectivity index (χ1v) is 6.42. The van der Waals surface area contributed by atoms with Crippen LogP contribution in [-0.4, -0.2) is 4.57 Å². The molecule has 1 heterocycles. The van der Waals surface area contributed by atoms with Crippen molar-refractivity contribution in [1.29, 1.82) is 0 Å². The second-order valence-corrected chi connectivity index (χ2v) is 4.97. The van der Waals surface area contributed by atoms with Crippen LogP contribution in [-0.2, 0) is 13.0 Å². The van der Waals surface area contributed by atoms with Crippen molar-refractivity contribution >= 4 is 0 Å². The first-order chi connectivity index (χ1) is 8.74. The average Bonchev–Trinajstić information content (AvgIpc) is 2.77. The predicted octanol–water partition coefficient (Wildman–Crippen LogP) is 3.01. The molecule has 18 heavy (non-hydrogen) atoms. The minimum Gasteiger partial charge on any atom is -0.347 e. The van der Waals surface area contributed by atoms with Crippen molar-refractivity contribution in [3.63, 3.8) is 0 Å². The minimum absolute atomic E-state index is 0.184. The number of aromatic nitrogens is 1. The van der Waals surface area contributed by atoms with Crippen LogP contribution in [0.15, 0.2) is 36.5 Å². The molecule has 0 aliphatic heterocycles. The maximum absolute atomic E-state index is 12.9. The van der Waals surface area contributed by atoms with E-state index in [4.69, 9.17) is 5.73 Å². The van der Waals surface area contributed by atoms with Gasteiger partial charge in [-0.3, -0.25) is 0 Å². The third-order valence-electron chi connectivity index (χ3n) is 3.71. The van der Waals surface area contributed by atoms with Gasteiger partial charge in [0.2, 0.25) is 0 Å². The zero-order valence-corrected chi connectivity index (χ0v) is 10.3. The summed E-state index contributed by atoms with van der Waals surface area (Å²) >= 11 is 0. The lowest BCUT2D eigenvalue weighted by Gasteiger charge is -2.21. The Hall–Kier alpha value is -1.61. The number of fused-ring (bicyclic) bond motifs is 1. The molecule has 1 unspecified atom stereocenters. The molecule has 0 amide bonds. The second-order valence-electron chi connectivity index (χ2n) is 4.97. The van der Waals surface area contributed by atoms with Crippen molar-refractivity contribution in [1.82, 2.24) is 4.57 Å². The molecular weight excluding hydrogens is 227 g/mol. The average molecular weight is 244 g/mol. The molecule has 1 aromatic heterocycles. The van der Waals surface area contributed by atoms with Crippen LogP contribution in [0.1, 0.15) is 35.7 Å². The molecule has 94 valence electrons. The topological polar surface area (TPSA) is 30.9 Å². The monoisotopic (exact) mass is 244 g/mol. The van der Waals surface area contributed by atoms with Crippen molar-refractivity contribution in [2.45, 2.75) is 31.8 Å². The van der Waals surface area contributed by atoms with Crippen LogP contribution in [0, 0.1) is 5.82 Å². The highest BCUT2D eigenvalue weighted by Crippen LogP contribution is 2.29. The number of hydrogen-bond acceptors (Lipinski definition) is 1. The largest absolute Gasteiger partial charge is 0.347 e. The molecule has 1 atom stereocenters. The van der Waals surface area contributed by atoms with E-state index in [9.17, 15) is 4.39 Å². The van der Waals surface area contributed by atoms with Crippen molar-refractivity contribution in [2.24, 2.45) is 5.73 Å². The van der Waals surface area contributed by atoms with Gasteiger partial charge < -0.3 is 10.3 Å². The predicted molar refractivity (Wildman–Crippen MR) is 69.8 cm³/mol. The summed E-state index contributed by atoms with van der Waals surface area (Å²) in [5.74, 6) is -0.185. The Morgan fingerprint density at radius 2 is 2.00 bits per heavy atom. The summed E-state index contributed by atoms with van der Waals surface area (Å²) < 4.78 is 15.1. The summed E-state index contributed by atoms with van der Waals surface area (Å²) in [6.07, 6.45) is 5.42. The molecule has 1 aliphatic rings. The molecule has 3 heteroatoms. The van der Waals surface area contributed by atoms with Crippen LogP contribution < -0.4 is 5.73 Å². The molecule has 0 radical (unpaired) electrons. The molecule has 1 aliphatic carbocycles. The highest BCUT2D eigenvalue weighted by Gasteiger charge is 2.19. The maximum atomic E-state index is 12.9. The Balaban J connectivity index is 1.87. The Bertz CT molecular complexity index is 542. The molecule has 3 rings (SSSR count). The van der Waals surface area contributed by atoms with Gasteiger partial charge in [0.25, 0.3) is 0 Å². The van der Waals surface area contributed by atoms with Gasteiger partial charge in [0.1, 0.15) is 5.82 Å². The van der Waals surface area contributed by atoms with Crippen LogP contribution in [0.3, 0.4) is 0 Å². The van der Waals surface area contributed by atoms with Gasteiger partial charge in [-0.15, -0.1) is 0 Å². The molecule has 0 fully saturated rings. The summed E-state index contributed by atoms with van der Waals surface area (Å²) in [7, 11) is 0. The van der Waals surface area contributed by atoms with Gasteiger partial charge in [-0.05, 0) is 48.6 Å². The first-order valence-electron chi connectivity index (χ1n) is 6.42. The third kappa shape index (κ3) is 2.06. The number of halogens is 1. The third-order valence-corrected chi connectivity index (χ3v) is 3.71. The lowest BCUT2D eigenvalue weighted by atomic mass is 9.93. The van der Waals surface area contributed by atoms with Crippen molar-refractivity contribution < 1.29 is 4.39 Å². The van der Waals surface area contributed by atoms with E-state index < -0.39 is 0 Å². The normalized spacial score (nSPS) is 18.7. The Kier molecular flexibility index (Phi) is 2.92. The molecule has 0 saturated carbocycles. The molecular formula is C15H17FN2. The Morgan fingerprint density at radius 1 is 1.22 bits per heavy atom. The zero-order valence-electron chi connectivity index (χ0n) is 10.3. The van der Waals surface area contributed by atoms with E-state index in [2.05, 4.69) is 16.8 Å². The van der Waals surface area contributed by atoms with E-state index in [1.54, 1.807) is 0 Å². The van der Waals surface area contributed by atoms with Crippen molar-refractivity contribution in [3.05, 3.63) is 59.2 Å². The smallest absolute Gasteiger partial charge is 0.123 e. The Labute approximate surface area is 106 Å². The van der Waals surface area contributed by atoms with Crippen LogP contribution in [0.25, 0.3) is 0 Å². The molecule has 2 aromatic rings. The quantitative estimate of drug-likeness (QED) is 0.865. The Morgan fingerprint density at radius 3 is 2.78 bits per heavy atom. The van der Waals surface area contributed by atoms with Gasteiger partial charge in [-0.1, -0.05) is 12.1 Å². The van der Waals surface area contributed by atoms with Gasteiger partial charge in [-0.2, -0.15) is 0 Å². The number of rotatable bonds is 2. The molecule has 0 saturated heterocycles. The number of benzene rings is 1. The molecule has 1 aromatic carbocycles. The van der Waals surface area contributed by atoms with Gasteiger partial charge in [0, 0.05) is 24.5 Å². The highest BCUT2D eigenvalue weighted by molar-refractivity contribution is 5.29. The fourth-order valence-electron chi connectivity index (χ4n) is 2.73. The summed E-state index contributed by atoms with van der Waals surface area (Å²) in [4.78, 5) is 0. The van der Waals surface area contributed by atoms with E-state index in [1.165, 1.54) is 23.4 Å². The second kappa shape index (κ2) is 4.58. The van der Waals surface area contributed by atoms with E-state index in [0.717, 1.165) is 31.4 Å². The first kappa shape index (κ1) is 11.5. The van der Waals surface area contributed by atoms with E-state index in [0.29, 0.717) is 0 Å². The molecule has 0 spiro atoms. The minimum atomic E-state index is -0.185. The summed E-state index contributed by atoms with van der Waals surface area (Å²) in [5.41, 5.74) is 9.86. The number of nitrogens with two attached hydrogens (primary N) is 1.